The van der Waals surface area contributed by atoms with Gasteiger partial charge in [-0.1, -0.05) is 24.3 Å². The average molecular weight is 490 g/mol. The maximum absolute atomic E-state index is 13.9. The van der Waals surface area contributed by atoms with E-state index >= 15 is 0 Å². The fourth-order valence-corrected chi connectivity index (χ4v) is 5.12. The van der Waals surface area contributed by atoms with Gasteiger partial charge in [0, 0.05) is 24.2 Å². The number of benzene rings is 3. The summed E-state index contributed by atoms with van der Waals surface area (Å²) < 4.78 is 26.3. The van der Waals surface area contributed by atoms with Crippen LogP contribution in [0, 0.1) is 0 Å². The number of nitrogens with zero attached hydrogens (tertiary/aromatic N) is 1. The van der Waals surface area contributed by atoms with Gasteiger partial charge < -0.3 is 19.7 Å². The van der Waals surface area contributed by atoms with Gasteiger partial charge in [-0.05, 0) is 91.9 Å². The van der Waals surface area contributed by atoms with Crippen LogP contribution in [-0.2, 0) is 0 Å². The Balaban J connectivity index is 1.36. The van der Waals surface area contributed by atoms with E-state index in [1.54, 1.807) is 30.3 Å². The lowest BCUT2D eigenvalue weighted by atomic mass is 9.86. The zero-order valence-corrected chi connectivity index (χ0v) is 20.5. The van der Waals surface area contributed by atoms with Gasteiger partial charge in [0.1, 0.15) is 41.9 Å². The standard InChI is InChI=1S/C30H32FNO4/c1-20-27-18-25(34)10-13-28(27)36-30(29(20)22-5-4-7-24(33)17-22)21-8-11-26(12-9-21)35-16-15-32-14-3-2-6-23(31)19-32/h4-5,7-13,17-18,23,30,33-34H,2-3,6,14-16,19H2,1H3/t23-,30?/m1/s1. The molecule has 1 saturated heterocycles. The number of likely N-dealkylation sites (tertiary alicyclic amines) is 1. The zero-order chi connectivity index (χ0) is 25.1. The van der Waals surface area contributed by atoms with Crippen molar-refractivity contribution in [2.24, 2.45) is 0 Å². The third kappa shape index (κ3) is 5.34. The van der Waals surface area contributed by atoms with Crippen molar-refractivity contribution in [1.82, 2.24) is 4.90 Å². The molecule has 0 spiro atoms. The van der Waals surface area contributed by atoms with Gasteiger partial charge in [0.15, 0.2) is 0 Å². The molecule has 2 heterocycles. The lowest BCUT2D eigenvalue weighted by Crippen LogP contribution is -2.32. The minimum atomic E-state index is -0.742. The first kappa shape index (κ1) is 24.2. The van der Waals surface area contributed by atoms with Crippen LogP contribution in [-0.4, -0.2) is 47.5 Å². The summed E-state index contributed by atoms with van der Waals surface area (Å²) in [5.41, 5.74) is 4.54. The number of phenols is 2. The Bertz CT molecular complexity index is 1240. The Morgan fingerprint density at radius 1 is 1.00 bits per heavy atom. The molecule has 188 valence electrons. The normalized spacial score (nSPS) is 20.4. The van der Waals surface area contributed by atoms with Gasteiger partial charge in [-0.15, -0.1) is 0 Å². The highest BCUT2D eigenvalue weighted by Gasteiger charge is 2.29. The molecule has 2 aliphatic rings. The van der Waals surface area contributed by atoms with E-state index in [1.807, 2.05) is 43.3 Å². The van der Waals surface area contributed by atoms with Gasteiger partial charge in [0.05, 0.1) is 0 Å². The highest BCUT2D eigenvalue weighted by atomic mass is 19.1. The molecule has 5 rings (SSSR count). The van der Waals surface area contributed by atoms with E-state index in [0.29, 0.717) is 31.9 Å². The molecule has 1 fully saturated rings. The van der Waals surface area contributed by atoms with E-state index in [9.17, 15) is 14.6 Å². The van der Waals surface area contributed by atoms with Gasteiger partial charge in [-0.2, -0.15) is 0 Å². The van der Waals surface area contributed by atoms with Crippen LogP contribution >= 0.6 is 0 Å². The van der Waals surface area contributed by atoms with Crippen LogP contribution in [0.4, 0.5) is 4.39 Å². The number of ether oxygens (including phenoxy) is 2. The van der Waals surface area contributed by atoms with Crippen LogP contribution in [0.25, 0.3) is 11.1 Å². The summed E-state index contributed by atoms with van der Waals surface area (Å²) in [4.78, 5) is 2.15. The molecule has 0 aromatic heterocycles. The summed E-state index contributed by atoms with van der Waals surface area (Å²) in [6, 6.07) is 20.1. The molecule has 2 aliphatic heterocycles. The van der Waals surface area contributed by atoms with E-state index < -0.39 is 12.3 Å². The molecule has 0 radical (unpaired) electrons. The number of hydrogen-bond acceptors (Lipinski definition) is 5. The molecule has 5 nitrogen and oxygen atoms in total. The van der Waals surface area contributed by atoms with Crippen molar-refractivity contribution in [3.63, 3.8) is 0 Å². The quantitative estimate of drug-likeness (QED) is 0.422. The number of hydrogen-bond donors (Lipinski definition) is 2. The molecule has 3 aromatic carbocycles. The Hall–Kier alpha value is -3.51. The molecule has 0 amide bonds. The van der Waals surface area contributed by atoms with Crippen molar-refractivity contribution in [3.05, 3.63) is 83.4 Å². The first-order valence-electron chi connectivity index (χ1n) is 12.6. The average Bonchev–Trinajstić information content (AvgIpc) is 3.08. The fraction of sp³-hybridized carbons (Fsp3) is 0.333. The Kier molecular flexibility index (Phi) is 7.14. The predicted molar refractivity (Wildman–Crippen MR) is 139 cm³/mol. The molecule has 36 heavy (non-hydrogen) atoms. The number of alkyl halides is 1. The minimum Gasteiger partial charge on any atom is -0.508 e. The summed E-state index contributed by atoms with van der Waals surface area (Å²) in [5.74, 6) is 1.81. The summed E-state index contributed by atoms with van der Waals surface area (Å²) in [5, 5.41) is 20.2. The monoisotopic (exact) mass is 489 g/mol. The molecule has 0 saturated carbocycles. The number of aromatic hydroxyl groups is 2. The lowest BCUT2D eigenvalue weighted by Gasteiger charge is -2.31. The maximum atomic E-state index is 13.9. The molecule has 6 heteroatoms. The molecule has 2 atom stereocenters. The van der Waals surface area contributed by atoms with Crippen molar-refractivity contribution >= 4 is 11.1 Å². The summed E-state index contributed by atoms with van der Waals surface area (Å²) in [7, 11) is 0. The Morgan fingerprint density at radius 2 is 1.81 bits per heavy atom. The number of allylic oxidation sites excluding steroid dienone is 1. The molecular formula is C30H32FNO4. The van der Waals surface area contributed by atoms with Crippen LogP contribution in [0.5, 0.6) is 23.0 Å². The van der Waals surface area contributed by atoms with Crippen LogP contribution in [0.2, 0.25) is 0 Å². The number of rotatable bonds is 6. The second-order valence-corrected chi connectivity index (χ2v) is 9.58. The lowest BCUT2D eigenvalue weighted by molar-refractivity contribution is 0.175. The summed E-state index contributed by atoms with van der Waals surface area (Å²) in [6.45, 7) is 4.64. The van der Waals surface area contributed by atoms with Crippen LogP contribution in [0.15, 0.2) is 66.7 Å². The molecule has 1 unspecified atom stereocenters. The van der Waals surface area contributed by atoms with Crippen molar-refractivity contribution in [1.29, 1.82) is 0 Å². The molecule has 0 bridgehead atoms. The van der Waals surface area contributed by atoms with Crippen LogP contribution < -0.4 is 9.47 Å². The van der Waals surface area contributed by atoms with Gasteiger partial charge >= 0.3 is 0 Å². The summed E-state index contributed by atoms with van der Waals surface area (Å²) >= 11 is 0. The van der Waals surface area contributed by atoms with Gasteiger partial charge in [-0.25, -0.2) is 4.39 Å². The minimum absolute atomic E-state index is 0.175. The van der Waals surface area contributed by atoms with Crippen LogP contribution in [0.1, 0.15) is 49.0 Å². The van der Waals surface area contributed by atoms with E-state index in [1.165, 1.54) is 0 Å². The second kappa shape index (κ2) is 10.6. The third-order valence-electron chi connectivity index (χ3n) is 6.99. The van der Waals surface area contributed by atoms with E-state index in [0.717, 1.165) is 53.0 Å². The first-order valence-corrected chi connectivity index (χ1v) is 12.6. The fourth-order valence-electron chi connectivity index (χ4n) is 5.12. The smallest absolute Gasteiger partial charge is 0.150 e. The Morgan fingerprint density at radius 3 is 2.61 bits per heavy atom. The van der Waals surface area contributed by atoms with Gasteiger partial charge in [0.25, 0.3) is 0 Å². The highest BCUT2D eigenvalue weighted by Crippen LogP contribution is 2.47. The van der Waals surface area contributed by atoms with Crippen molar-refractivity contribution in [2.75, 3.05) is 26.2 Å². The Labute approximate surface area is 211 Å². The molecule has 3 aromatic rings. The van der Waals surface area contributed by atoms with E-state index in [2.05, 4.69) is 4.90 Å². The van der Waals surface area contributed by atoms with Gasteiger partial charge in [-0.3, -0.25) is 4.90 Å². The third-order valence-corrected chi connectivity index (χ3v) is 6.99. The number of phenolic OH excluding ortho intramolecular Hbond substituents is 2. The highest BCUT2D eigenvalue weighted by molar-refractivity contribution is 5.95. The summed E-state index contributed by atoms with van der Waals surface area (Å²) in [6.07, 6.45) is 1.51. The first-order chi connectivity index (χ1) is 17.5. The number of fused-ring (bicyclic) bond motifs is 1. The van der Waals surface area contributed by atoms with E-state index in [-0.39, 0.29) is 11.5 Å². The van der Waals surface area contributed by atoms with Crippen molar-refractivity contribution < 1.29 is 24.1 Å². The zero-order valence-electron chi connectivity index (χ0n) is 20.5. The SMILES string of the molecule is CC1=C(c2cccc(O)c2)C(c2ccc(OCCN3CCCC[C@@H](F)C3)cc2)Oc2ccc(O)cc21. The molecule has 2 N–H and O–H groups in total. The van der Waals surface area contributed by atoms with Gasteiger partial charge in [0.2, 0.25) is 0 Å². The maximum Gasteiger partial charge on any atom is 0.150 e. The molecule has 0 aliphatic carbocycles. The number of halogens is 1. The second-order valence-electron chi connectivity index (χ2n) is 9.58. The van der Waals surface area contributed by atoms with E-state index in [4.69, 9.17) is 9.47 Å². The predicted octanol–water partition coefficient (Wildman–Crippen LogP) is 6.37. The topological polar surface area (TPSA) is 62.2 Å². The van der Waals surface area contributed by atoms with Crippen molar-refractivity contribution in [2.45, 2.75) is 38.5 Å². The largest absolute Gasteiger partial charge is 0.508 e. The molecular weight excluding hydrogens is 457 g/mol. The van der Waals surface area contributed by atoms with Crippen LogP contribution in [0.3, 0.4) is 0 Å². The van der Waals surface area contributed by atoms with Crippen molar-refractivity contribution in [3.8, 4) is 23.0 Å².